The number of likely N-dealkylation sites (N-methyl/N-ethyl adjacent to an activating group) is 1. The molecule has 0 saturated heterocycles. The van der Waals surface area contributed by atoms with E-state index in [0.717, 1.165) is 32.1 Å². The fourth-order valence-electron chi connectivity index (χ4n) is 6.09. The number of phosphoric ester groups is 1. The monoisotopic (exact) mass is 769 g/mol. The third-order valence-corrected chi connectivity index (χ3v) is 10.6. The predicted octanol–water partition coefficient (Wildman–Crippen LogP) is 11.3. The molecule has 312 valence electrons. The molecule has 1 unspecified atom stereocenters. The molecule has 3 atom stereocenters. The Hall–Kier alpha value is -1.28. The Morgan fingerprint density at radius 3 is 1.57 bits per heavy atom. The fourth-order valence-corrected chi connectivity index (χ4v) is 6.81. The first kappa shape index (κ1) is 51.7. The van der Waals surface area contributed by atoms with Crippen LogP contribution in [0.15, 0.2) is 36.5 Å². The van der Waals surface area contributed by atoms with E-state index in [1.807, 2.05) is 27.2 Å². The maximum atomic E-state index is 12.8. The molecule has 53 heavy (non-hydrogen) atoms. The summed E-state index contributed by atoms with van der Waals surface area (Å²) in [4.78, 5) is 25.2. The maximum Gasteiger partial charge on any atom is 0.268 e. The number of hydrogen-bond acceptors (Lipinski definition) is 6. The minimum atomic E-state index is -4.59. The van der Waals surface area contributed by atoms with Crippen molar-refractivity contribution in [2.75, 3.05) is 40.9 Å². The van der Waals surface area contributed by atoms with Gasteiger partial charge >= 0.3 is 0 Å². The number of nitrogens with zero attached hydrogens (tertiary/aromatic N) is 1. The van der Waals surface area contributed by atoms with Crippen molar-refractivity contribution in [2.24, 2.45) is 0 Å². The molecule has 0 aliphatic rings. The zero-order valence-corrected chi connectivity index (χ0v) is 36.1. The number of unbranched alkanes of at least 4 members (excludes halogenated alkanes) is 23. The van der Waals surface area contributed by atoms with Crippen molar-refractivity contribution in [3.8, 4) is 0 Å². The molecule has 0 saturated carbocycles. The standard InChI is InChI=1S/C44H85N2O6P/c1-6-8-10-12-14-16-18-19-20-21-22-23-24-25-26-27-28-30-32-34-36-38-44(48)45-42(41-52-53(49,50)51-40-39-46(3,4)5)43(47)37-35-33-31-29-17-15-13-11-9-7-2/h19-20,31,33,35,37,42-43,47H,6-18,21-30,32,34,36,38-41H2,1-5H3,(H-,45,48,49,50)/b20-19+,33-31+,37-35+/t42-,43+/m0/s1. The largest absolute Gasteiger partial charge is 0.756 e. The van der Waals surface area contributed by atoms with E-state index in [4.69, 9.17) is 9.05 Å². The number of aliphatic hydroxyl groups is 1. The summed E-state index contributed by atoms with van der Waals surface area (Å²) in [5.41, 5.74) is 0. The normalized spacial score (nSPS) is 14.8. The Kier molecular flexibility index (Phi) is 35.5. The quantitative estimate of drug-likeness (QED) is 0.0212. The van der Waals surface area contributed by atoms with Crippen molar-refractivity contribution in [3.05, 3.63) is 36.5 Å². The van der Waals surface area contributed by atoms with Crippen LogP contribution in [0.5, 0.6) is 0 Å². The van der Waals surface area contributed by atoms with E-state index in [9.17, 15) is 19.4 Å². The first-order chi connectivity index (χ1) is 25.5. The van der Waals surface area contributed by atoms with Crippen LogP contribution in [0.2, 0.25) is 0 Å². The lowest BCUT2D eigenvalue weighted by Gasteiger charge is -2.29. The van der Waals surface area contributed by atoms with Crippen molar-refractivity contribution >= 4 is 13.7 Å². The zero-order chi connectivity index (χ0) is 39.3. The molecule has 0 bridgehead atoms. The molecule has 0 rings (SSSR count). The van der Waals surface area contributed by atoms with Crippen LogP contribution in [-0.4, -0.2) is 68.5 Å². The lowest BCUT2D eigenvalue weighted by molar-refractivity contribution is -0.870. The number of rotatable bonds is 39. The third-order valence-electron chi connectivity index (χ3n) is 9.63. The van der Waals surface area contributed by atoms with Gasteiger partial charge in [-0.1, -0.05) is 172 Å². The number of hydrogen-bond donors (Lipinski definition) is 2. The van der Waals surface area contributed by atoms with E-state index in [-0.39, 0.29) is 12.5 Å². The van der Waals surface area contributed by atoms with Gasteiger partial charge in [0, 0.05) is 6.42 Å². The van der Waals surface area contributed by atoms with Gasteiger partial charge in [-0.05, 0) is 44.9 Å². The summed E-state index contributed by atoms with van der Waals surface area (Å²) in [6.07, 6.45) is 43.5. The molecule has 1 amide bonds. The Morgan fingerprint density at radius 2 is 1.09 bits per heavy atom. The minimum Gasteiger partial charge on any atom is -0.756 e. The van der Waals surface area contributed by atoms with Gasteiger partial charge in [0.1, 0.15) is 13.2 Å². The van der Waals surface area contributed by atoms with Crippen LogP contribution in [0.4, 0.5) is 0 Å². The van der Waals surface area contributed by atoms with Gasteiger partial charge in [-0.25, -0.2) is 0 Å². The summed E-state index contributed by atoms with van der Waals surface area (Å²) in [7, 11) is 1.23. The van der Waals surface area contributed by atoms with Gasteiger partial charge in [-0.2, -0.15) is 0 Å². The lowest BCUT2D eigenvalue weighted by atomic mass is 10.0. The van der Waals surface area contributed by atoms with E-state index in [1.165, 1.54) is 135 Å². The third kappa shape index (κ3) is 38.8. The highest BCUT2D eigenvalue weighted by Gasteiger charge is 2.23. The highest BCUT2D eigenvalue weighted by molar-refractivity contribution is 7.45. The molecule has 9 heteroatoms. The second-order valence-electron chi connectivity index (χ2n) is 16.1. The molecule has 2 N–H and O–H groups in total. The molecule has 0 radical (unpaired) electrons. The fraction of sp³-hybridized carbons (Fsp3) is 0.841. The van der Waals surface area contributed by atoms with E-state index in [1.54, 1.807) is 12.2 Å². The van der Waals surface area contributed by atoms with Crippen molar-refractivity contribution in [1.29, 1.82) is 0 Å². The molecule has 0 aromatic carbocycles. The molecular formula is C44H85N2O6P. The van der Waals surface area contributed by atoms with Crippen molar-refractivity contribution in [3.63, 3.8) is 0 Å². The van der Waals surface area contributed by atoms with E-state index in [2.05, 4.69) is 37.4 Å². The van der Waals surface area contributed by atoms with Crippen LogP contribution in [-0.2, 0) is 18.4 Å². The van der Waals surface area contributed by atoms with Gasteiger partial charge in [0.15, 0.2) is 0 Å². The summed E-state index contributed by atoms with van der Waals surface area (Å²) in [6, 6.07) is -0.915. The smallest absolute Gasteiger partial charge is 0.268 e. The lowest BCUT2D eigenvalue weighted by Crippen LogP contribution is -2.45. The number of amides is 1. The number of nitrogens with one attached hydrogen (secondary N) is 1. The Labute approximate surface area is 327 Å². The van der Waals surface area contributed by atoms with Gasteiger partial charge in [0.2, 0.25) is 5.91 Å². The highest BCUT2D eigenvalue weighted by Crippen LogP contribution is 2.38. The van der Waals surface area contributed by atoms with Crippen LogP contribution in [0.1, 0.15) is 187 Å². The highest BCUT2D eigenvalue weighted by atomic mass is 31.2. The number of allylic oxidation sites excluding steroid dienone is 5. The summed E-state index contributed by atoms with van der Waals surface area (Å²) >= 11 is 0. The van der Waals surface area contributed by atoms with E-state index >= 15 is 0 Å². The first-order valence-electron chi connectivity index (χ1n) is 21.9. The minimum absolute atomic E-state index is 0.00929. The average Bonchev–Trinajstić information content (AvgIpc) is 3.10. The average molecular weight is 769 g/mol. The molecule has 0 fully saturated rings. The van der Waals surface area contributed by atoms with Crippen molar-refractivity contribution in [1.82, 2.24) is 5.32 Å². The van der Waals surface area contributed by atoms with Crippen LogP contribution in [0, 0.1) is 0 Å². The predicted molar refractivity (Wildman–Crippen MR) is 224 cm³/mol. The summed E-state index contributed by atoms with van der Waals surface area (Å²) in [6.45, 7) is 4.57. The Bertz CT molecular complexity index is 964. The number of aliphatic hydroxyl groups excluding tert-OH is 1. The van der Waals surface area contributed by atoms with Crippen LogP contribution in [0.25, 0.3) is 0 Å². The van der Waals surface area contributed by atoms with Crippen LogP contribution in [0.3, 0.4) is 0 Å². The molecule has 0 aliphatic carbocycles. The van der Waals surface area contributed by atoms with Crippen LogP contribution < -0.4 is 10.2 Å². The molecule has 0 aliphatic heterocycles. The van der Waals surface area contributed by atoms with Gasteiger partial charge in [0.05, 0.1) is 39.9 Å². The SMILES string of the molecule is CCCCCCCC/C=C/C=C/[C@@H](O)[C@H](COP(=O)([O-])OCC[N+](C)(C)C)NC(=O)CCCCCCCCCCCCC/C=C/CCCCCCCC. The Morgan fingerprint density at radius 1 is 0.660 bits per heavy atom. The van der Waals surface area contributed by atoms with Gasteiger partial charge in [0.25, 0.3) is 7.82 Å². The second-order valence-corrected chi connectivity index (χ2v) is 17.5. The zero-order valence-electron chi connectivity index (χ0n) is 35.2. The molecular weight excluding hydrogens is 683 g/mol. The van der Waals surface area contributed by atoms with Crippen molar-refractivity contribution in [2.45, 2.75) is 199 Å². The summed E-state index contributed by atoms with van der Waals surface area (Å²) in [5.74, 6) is -0.218. The van der Waals surface area contributed by atoms with Gasteiger partial charge in [-0.3, -0.25) is 9.36 Å². The molecule has 0 aromatic rings. The van der Waals surface area contributed by atoms with Gasteiger partial charge < -0.3 is 28.8 Å². The number of carbonyl (C=O) groups excluding carboxylic acids is 1. The molecule has 0 aromatic heterocycles. The first-order valence-corrected chi connectivity index (χ1v) is 23.3. The second kappa shape index (κ2) is 36.4. The molecule has 8 nitrogen and oxygen atoms in total. The van der Waals surface area contributed by atoms with Gasteiger partial charge in [-0.15, -0.1) is 0 Å². The topological polar surface area (TPSA) is 108 Å². The van der Waals surface area contributed by atoms with E-state index < -0.39 is 26.6 Å². The molecule has 0 heterocycles. The number of phosphoric acid groups is 1. The van der Waals surface area contributed by atoms with E-state index in [0.29, 0.717) is 17.4 Å². The molecule has 0 spiro atoms. The maximum absolute atomic E-state index is 12.8. The van der Waals surface area contributed by atoms with Crippen LogP contribution >= 0.6 is 7.82 Å². The number of quaternary nitrogens is 1. The summed E-state index contributed by atoms with van der Waals surface area (Å²) < 4.78 is 23.1. The Balaban J connectivity index is 4.32. The number of carbonyl (C=O) groups is 1. The summed E-state index contributed by atoms with van der Waals surface area (Å²) in [5, 5.41) is 13.7. The van der Waals surface area contributed by atoms with Crippen molar-refractivity contribution < 1.29 is 32.9 Å².